The number of aliphatic hydroxyl groups is 1. The highest BCUT2D eigenvalue weighted by atomic mass is 35.5. The van der Waals surface area contributed by atoms with Crippen molar-refractivity contribution in [1.82, 2.24) is 0 Å². The molecule has 0 aliphatic carbocycles. The summed E-state index contributed by atoms with van der Waals surface area (Å²) in [6.07, 6.45) is 0.941. The first-order valence-electron chi connectivity index (χ1n) is 6.12. The maximum atomic E-state index is 9.80. The fourth-order valence-electron chi connectivity index (χ4n) is 1.61. The molecule has 1 unspecified atom stereocenters. The summed E-state index contributed by atoms with van der Waals surface area (Å²) in [4.78, 5) is 0. The molecule has 6 heteroatoms. The van der Waals surface area contributed by atoms with Crippen LogP contribution in [-0.4, -0.2) is 24.4 Å². The van der Waals surface area contributed by atoms with E-state index in [0.717, 1.165) is 11.4 Å². The second-order valence-electron chi connectivity index (χ2n) is 4.25. The summed E-state index contributed by atoms with van der Waals surface area (Å²) in [6.45, 7) is 0.879. The lowest BCUT2D eigenvalue weighted by molar-refractivity contribution is 0.0282. The largest absolute Gasteiger partial charge is 0.467 e. The molecule has 0 fully saturated rings. The highest BCUT2D eigenvalue weighted by Gasteiger charge is 2.07. The first-order chi connectivity index (χ1) is 9.65. The summed E-state index contributed by atoms with van der Waals surface area (Å²) in [5.41, 5.74) is 0.723. The van der Waals surface area contributed by atoms with E-state index in [1.165, 1.54) is 0 Å². The molecule has 0 aliphatic rings. The Morgan fingerprint density at radius 2 is 2.15 bits per heavy atom. The van der Waals surface area contributed by atoms with Gasteiger partial charge >= 0.3 is 0 Å². The molecule has 2 N–H and O–H groups in total. The highest BCUT2D eigenvalue weighted by molar-refractivity contribution is 6.36. The molecule has 0 aliphatic heterocycles. The molecule has 0 saturated heterocycles. The van der Waals surface area contributed by atoms with Gasteiger partial charge in [-0.2, -0.15) is 0 Å². The predicted molar refractivity (Wildman–Crippen MR) is 79.3 cm³/mol. The number of halogens is 2. The van der Waals surface area contributed by atoms with Crippen molar-refractivity contribution in [2.75, 3.05) is 18.5 Å². The van der Waals surface area contributed by atoms with Gasteiger partial charge in [-0.3, -0.25) is 0 Å². The molecule has 0 spiro atoms. The number of ether oxygens (including phenoxy) is 1. The summed E-state index contributed by atoms with van der Waals surface area (Å²) in [6, 6.07) is 8.75. The Bertz CT molecular complexity index is 531. The minimum absolute atomic E-state index is 0.207. The van der Waals surface area contributed by atoms with Crippen LogP contribution in [0.2, 0.25) is 10.0 Å². The second kappa shape index (κ2) is 7.55. The lowest BCUT2D eigenvalue weighted by atomic mass is 10.3. The van der Waals surface area contributed by atoms with Crippen molar-refractivity contribution >= 4 is 28.9 Å². The van der Waals surface area contributed by atoms with Gasteiger partial charge in [0.15, 0.2) is 0 Å². The molecule has 0 amide bonds. The number of aliphatic hydroxyl groups excluding tert-OH is 1. The molecular formula is C14H15Cl2NO3. The summed E-state index contributed by atoms with van der Waals surface area (Å²) in [7, 11) is 0. The monoisotopic (exact) mass is 315 g/mol. The molecule has 1 atom stereocenters. The van der Waals surface area contributed by atoms with Crippen LogP contribution < -0.4 is 5.32 Å². The van der Waals surface area contributed by atoms with Gasteiger partial charge in [0.05, 0.1) is 29.7 Å². The normalized spacial score (nSPS) is 12.3. The molecule has 1 heterocycles. The van der Waals surface area contributed by atoms with Gasteiger partial charge in [0, 0.05) is 11.6 Å². The smallest absolute Gasteiger partial charge is 0.129 e. The third kappa shape index (κ3) is 4.72. The van der Waals surface area contributed by atoms with Crippen molar-refractivity contribution in [3.8, 4) is 0 Å². The van der Waals surface area contributed by atoms with E-state index in [0.29, 0.717) is 23.2 Å². The van der Waals surface area contributed by atoms with Gasteiger partial charge in [0.1, 0.15) is 12.4 Å². The van der Waals surface area contributed by atoms with E-state index in [9.17, 15) is 5.11 Å². The number of rotatable bonds is 7. The Balaban J connectivity index is 1.70. The molecule has 0 saturated carbocycles. The number of benzene rings is 1. The van der Waals surface area contributed by atoms with E-state index in [-0.39, 0.29) is 6.61 Å². The average molecular weight is 316 g/mol. The van der Waals surface area contributed by atoms with E-state index >= 15 is 0 Å². The lowest BCUT2D eigenvalue weighted by Crippen LogP contribution is -2.24. The Morgan fingerprint density at radius 1 is 1.30 bits per heavy atom. The SMILES string of the molecule is OC(CNc1ccc(Cl)cc1Cl)COCc1ccco1. The number of anilines is 1. The van der Waals surface area contributed by atoms with Crippen molar-refractivity contribution in [3.05, 3.63) is 52.4 Å². The van der Waals surface area contributed by atoms with Crippen LogP contribution in [0.15, 0.2) is 41.0 Å². The standard InChI is InChI=1S/C14H15Cl2NO3/c15-10-3-4-14(13(16)6-10)17-7-11(18)8-19-9-12-2-1-5-20-12/h1-6,11,17-18H,7-9H2. The van der Waals surface area contributed by atoms with E-state index in [4.69, 9.17) is 32.4 Å². The second-order valence-corrected chi connectivity index (χ2v) is 5.10. The zero-order valence-electron chi connectivity index (χ0n) is 10.7. The third-order valence-electron chi connectivity index (χ3n) is 2.59. The molecule has 1 aromatic heterocycles. The Labute approximate surface area is 127 Å². The van der Waals surface area contributed by atoms with Gasteiger partial charge in [-0.1, -0.05) is 23.2 Å². The zero-order chi connectivity index (χ0) is 14.4. The minimum atomic E-state index is -0.642. The van der Waals surface area contributed by atoms with Gasteiger partial charge in [0.25, 0.3) is 0 Å². The topological polar surface area (TPSA) is 54.6 Å². The van der Waals surface area contributed by atoms with Gasteiger partial charge in [-0.05, 0) is 30.3 Å². The molecule has 2 aromatic rings. The lowest BCUT2D eigenvalue weighted by Gasteiger charge is -2.13. The van der Waals surface area contributed by atoms with E-state index in [1.54, 1.807) is 30.5 Å². The molecular weight excluding hydrogens is 301 g/mol. The van der Waals surface area contributed by atoms with Crippen LogP contribution in [-0.2, 0) is 11.3 Å². The highest BCUT2D eigenvalue weighted by Crippen LogP contribution is 2.25. The van der Waals surface area contributed by atoms with Gasteiger partial charge in [0.2, 0.25) is 0 Å². The van der Waals surface area contributed by atoms with E-state index in [2.05, 4.69) is 5.32 Å². The number of furan rings is 1. The third-order valence-corrected chi connectivity index (χ3v) is 3.14. The molecule has 0 radical (unpaired) electrons. The molecule has 4 nitrogen and oxygen atoms in total. The van der Waals surface area contributed by atoms with Crippen molar-refractivity contribution < 1.29 is 14.3 Å². The molecule has 1 aromatic carbocycles. The summed E-state index contributed by atoms with van der Waals surface area (Å²) in [5, 5.41) is 13.9. The quantitative estimate of drug-likeness (QED) is 0.820. The van der Waals surface area contributed by atoms with Gasteiger partial charge in [-0.25, -0.2) is 0 Å². The van der Waals surface area contributed by atoms with Crippen LogP contribution in [0, 0.1) is 0 Å². The number of hydrogen-bond donors (Lipinski definition) is 2. The molecule has 108 valence electrons. The van der Waals surface area contributed by atoms with Crippen molar-refractivity contribution in [3.63, 3.8) is 0 Å². The maximum Gasteiger partial charge on any atom is 0.129 e. The van der Waals surface area contributed by atoms with Crippen LogP contribution >= 0.6 is 23.2 Å². The number of hydrogen-bond acceptors (Lipinski definition) is 4. The van der Waals surface area contributed by atoms with Crippen molar-refractivity contribution in [2.24, 2.45) is 0 Å². The Kier molecular flexibility index (Phi) is 5.73. The van der Waals surface area contributed by atoms with Crippen LogP contribution in [0.5, 0.6) is 0 Å². The zero-order valence-corrected chi connectivity index (χ0v) is 12.2. The molecule has 20 heavy (non-hydrogen) atoms. The van der Waals surface area contributed by atoms with Crippen molar-refractivity contribution in [1.29, 1.82) is 0 Å². The summed E-state index contributed by atoms with van der Waals surface area (Å²) in [5.74, 6) is 0.728. The Morgan fingerprint density at radius 3 is 2.85 bits per heavy atom. The summed E-state index contributed by atoms with van der Waals surface area (Å²) >= 11 is 11.8. The minimum Gasteiger partial charge on any atom is -0.467 e. The van der Waals surface area contributed by atoms with E-state index in [1.807, 2.05) is 6.07 Å². The fourth-order valence-corrected chi connectivity index (χ4v) is 2.09. The maximum absolute atomic E-state index is 9.80. The van der Waals surface area contributed by atoms with Crippen molar-refractivity contribution in [2.45, 2.75) is 12.7 Å². The van der Waals surface area contributed by atoms with Gasteiger partial charge in [-0.15, -0.1) is 0 Å². The van der Waals surface area contributed by atoms with Gasteiger partial charge < -0.3 is 19.6 Å². The summed E-state index contributed by atoms with van der Waals surface area (Å²) < 4.78 is 10.5. The van der Waals surface area contributed by atoms with Crippen LogP contribution in [0.4, 0.5) is 5.69 Å². The van der Waals surface area contributed by atoms with Crippen LogP contribution in [0.3, 0.4) is 0 Å². The fraction of sp³-hybridized carbons (Fsp3) is 0.286. The average Bonchev–Trinajstić information content (AvgIpc) is 2.91. The number of nitrogens with one attached hydrogen (secondary N) is 1. The predicted octanol–water partition coefficient (Wildman–Crippen LogP) is 3.58. The molecule has 2 rings (SSSR count). The van der Waals surface area contributed by atoms with Crippen LogP contribution in [0.25, 0.3) is 0 Å². The first-order valence-corrected chi connectivity index (χ1v) is 6.88. The Hall–Kier alpha value is -1.20. The molecule has 0 bridgehead atoms. The van der Waals surface area contributed by atoms with E-state index < -0.39 is 6.10 Å². The van der Waals surface area contributed by atoms with Crippen LogP contribution in [0.1, 0.15) is 5.76 Å². The first kappa shape index (κ1) is 15.2.